The fourth-order valence-electron chi connectivity index (χ4n) is 3.74. The van der Waals surface area contributed by atoms with Crippen molar-refractivity contribution >= 4 is 11.7 Å². The van der Waals surface area contributed by atoms with Gasteiger partial charge in [0, 0.05) is 18.3 Å². The SMILES string of the molecule is CC(=O)CC(c1ccccc1)C1(C#N)C(=N)OCC1c1ccccc1. The van der Waals surface area contributed by atoms with Gasteiger partial charge in [-0.15, -0.1) is 0 Å². The third-order valence-corrected chi connectivity index (χ3v) is 4.95. The van der Waals surface area contributed by atoms with Gasteiger partial charge in [-0.25, -0.2) is 0 Å². The number of nitrogens with one attached hydrogen (secondary N) is 1. The summed E-state index contributed by atoms with van der Waals surface area (Å²) < 4.78 is 5.56. The van der Waals surface area contributed by atoms with E-state index in [0.29, 0.717) is 0 Å². The smallest absolute Gasteiger partial charge is 0.202 e. The predicted molar refractivity (Wildman–Crippen MR) is 95.4 cm³/mol. The largest absolute Gasteiger partial charge is 0.479 e. The molecule has 3 rings (SSSR count). The summed E-state index contributed by atoms with van der Waals surface area (Å²) in [6, 6.07) is 21.6. The first-order valence-corrected chi connectivity index (χ1v) is 8.32. The molecule has 0 aromatic heterocycles. The van der Waals surface area contributed by atoms with Gasteiger partial charge in [0.15, 0.2) is 0 Å². The van der Waals surface area contributed by atoms with Crippen LogP contribution in [0.2, 0.25) is 0 Å². The van der Waals surface area contributed by atoms with Gasteiger partial charge < -0.3 is 9.53 Å². The molecule has 1 N–H and O–H groups in total. The molecule has 0 saturated carbocycles. The summed E-state index contributed by atoms with van der Waals surface area (Å²) in [6.45, 7) is 1.80. The van der Waals surface area contributed by atoms with Crippen LogP contribution in [0.5, 0.6) is 0 Å². The van der Waals surface area contributed by atoms with Gasteiger partial charge in [-0.05, 0) is 18.1 Å². The van der Waals surface area contributed by atoms with Crippen LogP contribution in [0.3, 0.4) is 0 Å². The Hall–Kier alpha value is -2.93. The Labute approximate surface area is 147 Å². The van der Waals surface area contributed by atoms with Crippen LogP contribution in [0.1, 0.15) is 36.3 Å². The molecule has 1 aliphatic rings. The molecule has 0 spiro atoms. The Morgan fingerprint density at radius 1 is 1.24 bits per heavy atom. The van der Waals surface area contributed by atoms with Crippen molar-refractivity contribution in [1.82, 2.24) is 0 Å². The molecule has 2 aromatic carbocycles. The molecule has 0 radical (unpaired) electrons. The number of carbonyl (C=O) groups excluding carboxylic acids is 1. The minimum atomic E-state index is -1.19. The Balaban J connectivity index is 2.16. The third-order valence-electron chi connectivity index (χ3n) is 4.95. The van der Waals surface area contributed by atoms with E-state index in [4.69, 9.17) is 10.1 Å². The first-order valence-electron chi connectivity index (χ1n) is 8.32. The van der Waals surface area contributed by atoms with E-state index in [9.17, 15) is 10.1 Å². The summed E-state index contributed by atoms with van der Waals surface area (Å²) in [5.41, 5.74) is 0.653. The van der Waals surface area contributed by atoms with E-state index < -0.39 is 11.3 Å². The molecule has 4 nitrogen and oxygen atoms in total. The lowest BCUT2D eigenvalue weighted by molar-refractivity contribution is -0.117. The van der Waals surface area contributed by atoms with E-state index in [2.05, 4.69) is 6.07 Å². The summed E-state index contributed by atoms with van der Waals surface area (Å²) in [4.78, 5) is 12.0. The van der Waals surface area contributed by atoms with Gasteiger partial charge >= 0.3 is 0 Å². The van der Waals surface area contributed by atoms with Gasteiger partial charge in [-0.3, -0.25) is 5.41 Å². The zero-order valence-electron chi connectivity index (χ0n) is 14.1. The normalized spacial score (nSPS) is 23.5. The van der Waals surface area contributed by atoms with Crippen molar-refractivity contribution in [3.05, 3.63) is 71.8 Å². The van der Waals surface area contributed by atoms with Crippen LogP contribution in [0.15, 0.2) is 60.7 Å². The zero-order chi connectivity index (χ0) is 17.9. The maximum atomic E-state index is 12.0. The highest BCUT2D eigenvalue weighted by Crippen LogP contribution is 2.53. The van der Waals surface area contributed by atoms with Gasteiger partial charge in [0.25, 0.3) is 0 Å². The fraction of sp³-hybridized carbons (Fsp3) is 0.286. The minimum Gasteiger partial charge on any atom is -0.479 e. The Morgan fingerprint density at radius 2 is 1.84 bits per heavy atom. The van der Waals surface area contributed by atoms with E-state index >= 15 is 0 Å². The van der Waals surface area contributed by atoms with Crippen molar-refractivity contribution in [3.63, 3.8) is 0 Å². The van der Waals surface area contributed by atoms with Gasteiger partial charge in [0.2, 0.25) is 5.90 Å². The van der Waals surface area contributed by atoms with E-state index in [1.807, 2.05) is 60.7 Å². The molecule has 2 aromatic rings. The number of Topliss-reactive ketones (excluding diaryl/α,β-unsaturated/α-hetero) is 1. The highest BCUT2D eigenvalue weighted by atomic mass is 16.5. The number of carbonyl (C=O) groups is 1. The number of hydrogen-bond acceptors (Lipinski definition) is 4. The first-order chi connectivity index (χ1) is 12.1. The van der Waals surface area contributed by atoms with Crippen molar-refractivity contribution in [1.29, 1.82) is 10.7 Å². The molecular weight excluding hydrogens is 312 g/mol. The van der Waals surface area contributed by atoms with Gasteiger partial charge in [-0.1, -0.05) is 60.7 Å². The number of nitriles is 1. The molecule has 3 atom stereocenters. The summed E-state index contributed by atoms with van der Waals surface area (Å²) in [5.74, 6) is -0.749. The monoisotopic (exact) mass is 332 g/mol. The van der Waals surface area contributed by atoms with E-state index in [1.165, 1.54) is 6.92 Å². The lowest BCUT2D eigenvalue weighted by atomic mass is 9.63. The molecule has 0 amide bonds. The highest BCUT2D eigenvalue weighted by Gasteiger charge is 2.56. The number of ether oxygens (including phenoxy) is 1. The molecule has 0 bridgehead atoms. The molecule has 126 valence electrons. The van der Waals surface area contributed by atoms with Crippen LogP contribution in [0.4, 0.5) is 0 Å². The molecule has 1 saturated heterocycles. The van der Waals surface area contributed by atoms with Crippen LogP contribution in [-0.4, -0.2) is 18.3 Å². The lowest BCUT2D eigenvalue weighted by Crippen LogP contribution is -2.38. The van der Waals surface area contributed by atoms with Crippen molar-refractivity contribution in [2.75, 3.05) is 6.61 Å². The quantitative estimate of drug-likeness (QED) is 0.897. The zero-order valence-corrected chi connectivity index (χ0v) is 14.1. The summed E-state index contributed by atoms with van der Waals surface area (Å²) >= 11 is 0. The van der Waals surface area contributed by atoms with Gasteiger partial charge in [0.1, 0.15) is 11.2 Å². The predicted octanol–water partition coefficient (Wildman–Crippen LogP) is 4.05. The third kappa shape index (κ3) is 2.94. The number of nitrogens with zero attached hydrogens (tertiary/aromatic N) is 1. The van der Waals surface area contributed by atoms with E-state index in [-0.39, 0.29) is 30.6 Å². The molecular formula is C21H20N2O2. The Morgan fingerprint density at radius 3 is 2.40 bits per heavy atom. The maximum Gasteiger partial charge on any atom is 0.202 e. The van der Waals surface area contributed by atoms with Gasteiger partial charge in [0.05, 0.1) is 12.7 Å². The van der Waals surface area contributed by atoms with Crippen LogP contribution in [0, 0.1) is 22.2 Å². The summed E-state index contributed by atoms with van der Waals surface area (Å²) in [7, 11) is 0. The van der Waals surface area contributed by atoms with Crippen LogP contribution in [0.25, 0.3) is 0 Å². The molecule has 25 heavy (non-hydrogen) atoms. The van der Waals surface area contributed by atoms with Crippen molar-refractivity contribution < 1.29 is 9.53 Å². The van der Waals surface area contributed by atoms with Crippen molar-refractivity contribution in [2.45, 2.75) is 25.2 Å². The molecule has 1 aliphatic heterocycles. The second-order valence-corrected chi connectivity index (χ2v) is 6.45. The second kappa shape index (κ2) is 6.90. The molecule has 0 aliphatic carbocycles. The Bertz CT molecular complexity index is 811. The molecule has 1 fully saturated rings. The fourth-order valence-corrected chi connectivity index (χ4v) is 3.74. The van der Waals surface area contributed by atoms with Crippen molar-refractivity contribution in [2.24, 2.45) is 5.41 Å². The average Bonchev–Trinajstić information content (AvgIpc) is 2.98. The summed E-state index contributed by atoms with van der Waals surface area (Å²) in [5, 5.41) is 18.6. The molecule has 1 heterocycles. The topological polar surface area (TPSA) is 73.9 Å². The van der Waals surface area contributed by atoms with E-state index in [1.54, 1.807) is 0 Å². The first kappa shape index (κ1) is 16.9. The molecule has 4 heteroatoms. The number of ketones is 1. The number of rotatable bonds is 5. The van der Waals surface area contributed by atoms with Crippen LogP contribution in [-0.2, 0) is 9.53 Å². The summed E-state index contributed by atoms with van der Waals surface area (Å²) in [6.07, 6.45) is 0.201. The lowest BCUT2D eigenvalue weighted by Gasteiger charge is -2.34. The number of hydrogen-bond donors (Lipinski definition) is 1. The van der Waals surface area contributed by atoms with E-state index in [0.717, 1.165) is 11.1 Å². The standard InChI is InChI=1S/C21H20N2O2/c1-15(24)12-18(16-8-4-2-5-9-16)21(14-22)19(13-25-20(21)23)17-10-6-3-7-11-17/h2-11,18-19,23H,12-13H2,1H3. The van der Waals surface area contributed by atoms with Crippen molar-refractivity contribution in [3.8, 4) is 6.07 Å². The molecule has 3 unspecified atom stereocenters. The minimum absolute atomic E-state index is 0.00464. The highest BCUT2D eigenvalue weighted by molar-refractivity contribution is 5.89. The number of benzene rings is 2. The van der Waals surface area contributed by atoms with Gasteiger partial charge in [-0.2, -0.15) is 5.26 Å². The van der Waals surface area contributed by atoms with Crippen LogP contribution >= 0.6 is 0 Å². The van der Waals surface area contributed by atoms with Crippen LogP contribution < -0.4 is 0 Å². The average molecular weight is 332 g/mol. The maximum absolute atomic E-state index is 12.0. The second-order valence-electron chi connectivity index (χ2n) is 6.45. The Kier molecular flexibility index (Phi) is 4.67.